The Kier molecular flexibility index (Phi) is 2.91. The van der Waals surface area contributed by atoms with Gasteiger partial charge in [-0.15, -0.1) is 11.3 Å². The Labute approximate surface area is 105 Å². The Balaban J connectivity index is 1.74. The summed E-state index contributed by atoms with van der Waals surface area (Å²) < 4.78 is 0. The molecule has 0 amide bonds. The van der Waals surface area contributed by atoms with Gasteiger partial charge in [-0.25, -0.2) is 4.98 Å². The van der Waals surface area contributed by atoms with Gasteiger partial charge in [0, 0.05) is 24.2 Å². The minimum absolute atomic E-state index is 0.734. The summed E-state index contributed by atoms with van der Waals surface area (Å²) in [6, 6.07) is 4.82. The van der Waals surface area contributed by atoms with E-state index in [1.165, 1.54) is 18.4 Å². The van der Waals surface area contributed by atoms with E-state index < -0.39 is 0 Å². The Morgan fingerprint density at radius 1 is 1.47 bits per heavy atom. The summed E-state index contributed by atoms with van der Waals surface area (Å²) in [5, 5.41) is 6.61. The minimum Gasteiger partial charge on any atom is -0.308 e. The van der Waals surface area contributed by atoms with Gasteiger partial charge in [0.15, 0.2) is 0 Å². The number of rotatable bonds is 4. The van der Waals surface area contributed by atoms with Crippen LogP contribution in [-0.2, 0) is 6.54 Å². The molecule has 1 N–H and O–H groups in total. The molecule has 3 nitrogen and oxygen atoms in total. The number of hydrogen-bond acceptors (Lipinski definition) is 4. The zero-order valence-electron chi connectivity index (χ0n) is 9.81. The summed E-state index contributed by atoms with van der Waals surface area (Å²) in [6.45, 7) is 2.96. The molecule has 2 aromatic rings. The summed E-state index contributed by atoms with van der Waals surface area (Å²) in [5.74, 6) is 0. The van der Waals surface area contributed by atoms with Crippen molar-refractivity contribution in [2.75, 3.05) is 0 Å². The van der Waals surface area contributed by atoms with Crippen LogP contribution < -0.4 is 5.32 Å². The maximum atomic E-state index is 4.61. The highest BCUT2D eigenvalue weighted by Gasteiger charge is 2.20. The van der Waals surface area contributed by atoms with Gasteiger partial charge in [-0.1, -0.05) is 0 Å². The number of hydrogen-bond donors (Lipinski definition) is 1. The van der Waals surface area contributed by atoms with Gasteiger partial charge in [-0.05, 0) is 37.5 Å². The van der Waals surface area contributed by atoms with Crippen LogP contribution in [0.25, 0.3) is 10.7 Å². The molecule has 0 atom stereocenters. The molecule has 0 radical (unpaired) electrons. The zero-order chi connectivity index (χ0) is 11.7. The lowest BCUT2D eigenvalue weighted by molar-refractivity contribution is 0.678. The van der Waals surface area contributed by atoms with Crippen LogP contribution in [0.15, 0.2) is 23.7 Å². The number of thiazole rings is 1. The second kappa shape index (κ2) is 4.55. The van der Waals surface area contributed by atoms with Crippen molar-refractivity contribution in [1.29, 1.82) is 0 Å². The van der Waals surface area contributed by atoms with Crippen molar-refractivity contribution in [2.24, 2.45) is 0 Å². The number of aromatic nitrogens is 2. The zero-order valence-corrected chi connectivity index (χ0v) is 10.6. The van der Waals surface area contributed by atoms with Crippen LogP contribution in [0.5, 0.6) is 0 Å². The monoisotopic (exact) mass is 245 g/mol. The third kappa shape index (κ3) is 2.70. The lowest BCUT2D eigenvalue weighted by Gasteiger charge is -1.98. The van der Waals surface area contributed by atoms with Crippen LogP contribution in [-0.4, -0.2) is 16.0 Å². The summed E-state index contributed by atoms with van der Waals surface area (Å²) in [7, 11) is 0. The van der Waals surface area contributed by atoms with Crippen molar-refractivity contribution in [2.45, 2.75) is 32.4 Å². The van der Waals surface area contributed by atoms with Gasteiger partial charge in [0.1, 0.15) is 5.01 Å². The number of aryl methyl sites for hydroxylation is 1. The first-order chi connectivity index (χ1) is 8.31. The molecule has 1 saturated carbocycles. The summed E-state index contributed by atoms with van der Waals surface area (Å²) >= 11 is 1.67. The number of nitrogens with zero attached hydrogens (tertiary/aromatic N) is 2. The van der Waals surface area contributed by atoms with E-state index in [0.717, 1.165) is 29.0 Å². The van der Waals surface area contributed by atoms with Crippen LogP contribution in [0.3, 0.4) is 0 Å². The van der Waals surface area contributed by atoms with E-state index in [2.05, 4.69) is 33.7 Å². The summed E-state index contributed by atoms with van der Waals surface area (Å²) in [6.07, 6.45) is 4.47. The van der Waals surface area contributed by atoms with E-state index >= 15 is 0 Å². The fraction of sp³-hybridized carbons (Fsp3) is 0.385. The van der Waals surface area contributed by atoms with E-state index in [-0.39, 0.29) is 0 Å². The Morgan fingerprint density at radius 3 is 3.12 bits per heavy atom. The molecule has 1 aliphatic carbocycles. The van der Waals surface area contributed by atoms with E-state index in [4.69, 9.17) is 0 Å². The lowest BCUT2D eigenvalue weighted by Crippen LogP contribution is -2.15. The van der Waals surface area contributed by atoms with Crippen LogP contribution in [0.2, 0.25) is 0 Å². The molecule has 2 heterocycles. The fourth-order valence-corrected chi connectivity index (χ4v) is 2.48. The summed E-state index contributed by atoms with van der Waals surface area (Å²) in [4.78, 5) is 8.97. The fourth-order valence-electron chi connectivity index (χ4n) is 1.70. The van der Waals surface area contributed by atoms with Crippen molar-refractivity contribution in [3.8, 4) is 10.7 Å². The second-order valence-corrected chi connectivity index (χ2v) is 5.38. The van der Waals surface area contributed by atoms with E-state index in [9.17, 15) is 0 Å². The lowest BCUT2D eigenvalue weighted by atomic mass is 10.2. The molecule has 3 rings (SSSR count). The highest BCUT2D eigenvalue weighted by atomic mass is 32.1. The molecular formula is C13H15N3S. The van der Waals surface area contributed by atoms with Crippen molar-refractivity contribution in [1.82, 2.24) is 15.3 Å². The largest absolute Gasteiger partial charge is 0.308 e. The predicted octanol–water partition coefficient (Wildman–Crippen LogP) is 2.77. The maximum Gasteiger partial charge on any atom is 0.142 e. The standard InChI is InChI=1S/C13H15N3S/c1-9-4-5-14-12(6-9)13-16-11(8-17-13)7-15-10-2-3-10/h4-6,8,10,15H,2-3,7H2,1H3. The first-order valence-electron chi connectivity index (χ1n) is 5.92. The van der Waals surface area contributed by atoms with Crippen molar-refractivity contribution in [3.05, 3.63) is 35.0 Å². The van der Waals surface area contributed by atoms with Crippen molar-refractivity contribution < 1.29 is 0 Å². The molecule has 0 unspecified atom stereocenters. The molecule has 0 aliphatic heterocycles. The van der Waals surface area contributed by atoms with Gasteiger partial charge in [0.2, 0.25) is 0 Å². The second-order valence-electron chi connectivity index (χ2n) is 4.52. The van der Waals surface area contributed by atoms with Gasteiger partial charge in [0.25, 0.3) is 0 Å². The number of pyridine rings is 1. The van der Waals surface area contributed by atoms with E-state index in [0.29, 0.717) is 0 Å². The average molecular weight is 245 g/mol. The molecule has 1 aliphatic rings. The molecule has 0 bridgehead atoms. The highest BCUT2D eigenvalue weighted by molar-refractivity contribution is 7.13. The molecule has 0 saturated heterocycles. The third-order valence-corrected chi connectivity index (χ3v) is 3.75. The Morgan fingerprint density at radius 2 is 2.35 bits per heavy atom. The van der Waals surface area contributed by atoms with E-state index in [1.54, 1.807) is 11.3 Å². The molecular weight excluding hydrogens is 230 g/mol. The minimum atomic E-state index is 0.734. The topological polar surface area (TPSA) is 37.8 Å². The van der Waals surface area contributed by atoms with Crippen LogP contribution in [0, 0.1) is 6.92 Å². The first kappa shape index (κ1) is 10.9. The Hall–Kier alpha value is -1.26. The van der Waals surface area contributed by atoms with Gasteiger partial charge in [-0.3, -0.25) is 4.98 Å². The molecule has 88 valence electrons. The van der Waals surface area contributed by atoms with Crippen LogP contribution >= 0.6 is 11.3 Å². The molecule has 0 aromatic carbocycles. The molecule has 17 heavy (non-hydrogen) atoms. The average Bonchev–Trinajstić information content (AvgIpc) is 3.04. The quantitative estimate of drug-likeness (QED) is 0.900. The summed E-state index contributed by atoms with van der Waals surface area (Å²) in [5.41, 5.74) is 3.33. The number of nitrogens with one attached hydrogen (secondary N) is 1. The molecule has 2 aromatic heterocycles. The van der Waals surface area contributed by atoms with Crippen LogP contribution in [0.1, 0.15) is 24.1 Å². The smallest absolute Gasteiger partial charge is 0.142 e. The van der Waals surface area contributed by atoms with Gasteiger partial charge in [-0.2, -0.15) is 0 Å². The molecule has 4 heteroatoms. The molecule has 1 fully saturated rings. The predicted molar refractivity (Wildman–Crippen MR) is 69.9 cm³/mol. The van der Waals surface area contributed by atoms with Gasteiger partial charge in [0.05, 0.1) is 11.4 Å². The Bertz CT molecular complexity index is 517. The maximum absolute atomic E-state index is 4.61. The normalized spacial score (nSPS) is 15.1. The SMILES string of the molecule is Cc1ccnc(-c2nc(CNC3CC3)cs2)c1. The first-order valence-corrected chi connectivity index (χ1v) is 6.80. The van der Waals surface area contributed by atoms with Crippen LogP contribution in [0.4, 0.5) is 0 Å². The van der Waals surface area contributed by atoms with Crippen molar-refractivity contribution >= 4 is 11.3 Å². The van der Waals surface area contributed by atoms with Gasteiger partial charge >= 0.3 is 0 Å². The highest BCUT2D eigenvalue weighted by Crippen LogP contribution is 2.23. The van der Waals surface area contributed by atoms with E-state index in [1.807, 2.05) is 12.3 Å². The molecule has 0 spiro atoms. The van der Waals surface area contributed by atoms with Gasteiger partial charge < -0.3 is 5.32 Å². The van der Waals surface area contributed by atoms with Crippen molar-refractivity contribution in [3.63, 3.8) is 0 Å². The third-order valence-electron chi connectivity index (χ3n) is 2.84.